The molecular formula is C17H34ClN3O2. The molecule has 0 saturated carbocycles. The van der Waals surface area contributed by atoms with Crippen molar-refractivity contribution in [2.24, 2.45) is 5.92 Å². The predicted octanol–water partition coefficient (Wildman–Crippen LogP) is 2.74. The van der Waals surface area contributed by atoms with Crippen LogP contribution in [0.4, 0.5) is 4.79 Å². The number of carbonyl (C=O) groups excluding carboxylic acids is 1. The van der Waals surface area contributed by atoms with Gasteiger partial charge in [0, 0.05) is 39.3 Å². The third-order valence-corrected chi connectivity index (χ3v) is 4.47. The lowest BCUT2D eigenvalue weighted by Gasteiger charge is -2.34. The van der Waals surface area contributed by atoms with E-state index in [1.54, 1.807) is 0 Å². The van der Waals surface area contributed by atoms with Crippen molar-refractivity contribution in [1.82, 2.24) is 15.1 Å². The molecule has 1 N–H and O–H groups in total. The van der Waals surface area contributed by atoms with E-state index in [1.165, 1.54) is 38.9 Å². The Hall–Kier alpha value is -0.520. The summed E-state index contributed by atoms with van der Waals surface area (Å²) < 4.78 is 5.50. The van der Waals surface area contributed by atoms with Gasteiger partial charge >= 0.3 is 6.09 Å². The molecule has 6 heteroatoms. The topological polar surface area (TPSA) is 44.8 Å². The molecule has 0 bridgehead atoms. The standard InChI is InChI=1S/C17H33N3O2.ClH/c1-17(2,3)22-16(21)20-11-5-7-15(14-20)6-4-10-19-12-8-18-9-13-19;/h15,18H,4-14H2,1-3H3;1H. The van der Waals surface area contributed by atoms with Gasteiger partial charge in [-0.15, -0.1) is 12.4 Å². The quantitative estimate of drug-likeness (QED) is 0.849. The number of carbonyl (C=O) groups is 1. The van der Waals surface area contributed by atoms with Crippen LogP contribution in [-0.4, -0.2) is 67.3 Å². The molecule has 1 unspecified atom stereocenters. The van der Waals surface area contributed by atoms with Crippen LogP contribution in [0.5, 0.6) is 0 Å². The van der Waals surface area contributed by atoms with Gasteiger partial charge in [-0.25, -0.2) is 4.79 Å². The first-order valence-corrected chi connectivity index (χ1v) is 8.85. The SMILES string of the molecule is CC(C)(C)OC(=O)N1CCCC(CCCN2CCNCC2)C1.Cl. The Morgan fingerprint density at radius 3 is 2.57 bits per heavy atom. The number of nitrogens with one attached hydrogen (secondary N) is 1. The summed E-state index contributed by atoms with van der Waals surface area (Å²) >= 11 is 0. The average molecular weight is 348 g/mol. The highest BCUT2D eigenvalue weighted by Crippen LogP contribution is 2.23. The molecule has 2 saturated heterocycles. The summed E-state index contributed by atoms with van der Waals surface area (Å²) in [6.45, 7) is 13.3. The first kappa shape index (κ1) is 20.5. The second-order valence-corrected chi connectivity index (χ2v) is 7.67. The monoisotopic (exact) mass is 347 g/mol. The smallest absolute Gasteiger partial charge is 0.410 e. The third kappa shape index (κ3) is 7.73. The van der Waals surface area contributed by atoms with E-state index < -0.39 is 5.60 Å². The molecule has 0 spiro atoms. The average Bonchev–Trinajstić information content (AvgIpc) is 2.47. The summed E-state index contributed by atoms with van der Waals surface area (Å²) in [5, 5.41) is 3.39. The predicted molar refractivity (Wildman–Crippen MR) is 96.3 cm³/mol. The molecule has 0 aromatic rings. The number of ether oxygens (including phenoxy) is 1. The molecule has 1 atom stereocenters. The highest BCUT2D eigenvalue weighted by Gasteiger charge is 2.27. The third-order valence-electron chi connectivity index (χ3n) is 4.47. The van der Waals surface area contributed by atoms with E-state index in [1.807, 2.05) is 25.7 Å². The molecular weight excluding hydrogens is 314 g/mol. The second kappa shape index (κ2) is 9.70. The van der Waals surface area contributed by atoms with Gasteiger partial charge in [0.15, 0.2) is 0 Å². The van der Waals surface area contributed by atoms with Gasteiger partial charge in [-0.1, -0.05) is 0 Å². The van der Waals surface area contributed by atoms with Gasteiger partial charge in [-0.3, -0.25) is 0 Å². The van der Waals surface area contributed by atoms with Gasteiger partial charge < -0.3 is 19.9 Å². The van der Waals surface area contributed by atoms with Gasteiger partial charge in [-0.05, 0) is 58.9 Å². The summed E-state index contributed by atoms with van der Waals surface area (Å²) in [5.41, 5.74) is -0.397. The van der Waals surface area contributed by atoms with Gasteiger partial charge in [0.05, 0.1) is 0 Å². The number of piperazine rings is 1. The van der Waals surface area contributed by atoms with Crippen molar-refractivity contribution in [3.05, 3.63) is 0 Å². The molecule has 2 heterocycles. The van der Waals surface area contributed by atoms with Crippen LogP contribution in [0.3, 0.4) is 0 Å². The minimum Gasteiger partial charge on any atom is -0.444 e. The molecule has 0 radical (unpaired) electrons. The molecule has 5 nitrogen and oxygen atoms in total. The van der Waals surface area contributed by atoms with Crippen molar-refractivity contribution < 1.29 is 9.53 Å². The summed E-state index contributed by atoms with van der Waals surface area (Å²) in [4.78, 5) is 16.6. The van der Waals surface area contributed by atoms with E-state index in [0.717, 1.165) is 32.6 Å². The summed E-state index contributed by atoms with van der Waals surface area (Å²) in [6, 6.07) is 0. The van der Waals surface area contributed by atoms with Crippen LogP contribution >= 0.6 is 12.4 Å². The van der Waals surface area contributed by atoms with Crippen molar-refractivity contribution >= 4 is 18.5 Å². The minimum absolute atomic E-state index is 0. The van der Waals surface area contributed by atoms with Crippen LogP contribution < -0.4 is 5.32 Å². The largest absolute Gasteiger partial charge is 0.444 e. The van der Waals surface area contributed by atoms with Crippen molar-refractivity contribution in [1.29, 1.82) is 0 Å². The lowest BCUT2D eigenvalue weighted by molar-refractivity contribution is 0.0159. The summed E-state index contributed by atoms with van der Waals surface area (Å²) in [6.07, 6.45) is 4.69. The lowest BCUT2D eigenvalue weighted by Crippen LogP contribution is -2.44. The van der Waals surface area contributed by atoms with Gasteiger partial charge in [-0.2, -0.15) is 0 Å². The second-order valence-electron chi connectivity index (χ2n) is 7.67. The number of halogens is 1. The molecule has 1 amide bonds. The Labute approximate surface area is 147 Å². The Kier molecular flexibility index (Phi) is 8.65. The number of likely N-dealkylation sites (tertiary alicyclic amines) is 1. The normalized spacial score (nSPS) is 23.3. The highest BCUT2D eigenvalue weighted by molar-refractivity contribution is 5.85. The van der Waals surface area contributed by atoms with Crippen molar-refractivity contribution in [3.63, 3.8) is 0 Å². The van der Waals surface area contributed by atoms with Gasteiger partial charge in [0.25, 0.3) is 0 Å². The van der Waals surface area contributed by atoms with E-state index >= 15 is 0 Å². The molecule has 0 aliphatic carbocycles. The molecule has 23 heavy (non-hydrogen) atoms. The number of piperidine rings is 1. The summed E-state index contributed by atoms with van der Waals surface area (Å²) in [7, 11) is 0. The Bertz CT molecular complexity index is 354. The highest BCUT2D eigenvalue weighted by atomic mass is 35.5. The number of nitrogens with zero attached hydrogens (tertiary/aromatic N) is 2. The van der Waals surface area contributed by atoms with Crippen LogP contribution in [0.1, 0.15) is 46.5 Å². The van der Waals surface area contributed by atoms with Crippen LogP contribution in [0, 0.1) is 5.92 Å². The maximum Gasteiger partial charge on any atom is 0.410 e. The van der Waals surface area contributed by atoms with E-state index in [0.29, 0.717) is 5.92 Å². The van der Waals surface area contributed by atoms with Crippen LogP contribution in [-0.2, 0) is 4.74 Å². The lowest BCUT2D eigenvalue weighted by atomic mass is 9.93. The first-order valence-electron chi connectivity index (χ1n) is 8.85. The fourth-order valence-electron chi connectivity index (χ4n) is 3.33. The molecule has 2 aliphatic heterocycles. The Morgan fingerprint density at radius 1 is 1.22 bits per heavy atom. The van der Waals surface area contributed by atoms with E-state index in [-0.39, 0.29) is 18.5 Å². The number of hydrogen-bond donors (Lipinski definition) is 1. The van der Waals surface area contributed by atoms with E-state index in [2.05, 4.69) is 10.2 Å². The van der Waals surface area contributed by atoms with E-state index in [9.17, 15) is 4.79 Å². The molecule has 2 rings (SSSR count). The van der Waals surface area contributed by atoms with Crippen molar-refractivity contribution in [2.75, 3.05) is 45.8 Å². The summed E-state index contributed by atoms with van der Waals surface area (Å²) in [5.74, 6) is 0.643. The van der Waals surface area contributed by atoms with E-state index in [4.69, 9.17) is 4.74 Å². The van der Waals surface area contributed by atoms with Gasteiger partial charge in [0.1, 0.15) is 5.60 Å². The molecule has 2 fully saturated rings. The maximum absolute atomic E-state index is 12.2. The van der Waals surface area contributed by atoms with Crippen LogP contribution in [0.15, 0.2) is 0 Å². The zero-order valence-electron chi connectivity index (χ0n) is 15.0. The number of hydrogen-bond acceptors (Lipinski definition) is 4. The Balaban J connectivity index is 0.00000264. The fourth-order valence-corrected chi connectivity index (χ4v) is 3.33. The van der Waals surface area contributed by atoms with Crippen molar-refractivity contribution in [3.8, 4) is 0 Å². The molecule has 0 aromatic heterocycles. The molecule has 2 aliphatic rings. The van der Waals surface area contributed by atoms with Crippen LogP contribution in [0.25, 0.3) is 0 Å². The van der Waals surface area contributed by atoms with Crippen LogP contribution in [0.2, 0.25) is 0 Å². The number of rotatable bonds is 4. The zero-order chi connectivity index (χ0) is 16.0. The minimum atomic E-state index is -0.397. The Morgan fingerprint density at radius 2 is 1.91 bits per heavy atom. The van der Waals surface area contributed by atoms with Crippen molar-refractivity contribution in [2.45, 2.75) is 52.1 Å². The molecule has 0 aromatic carbocycles. The molecule has 136 valence electrons. The number of amides is 1. The fraction of sp³-hybridized carbons (Fsp3) is 0.941. The zero-order valence-corrected chi connectivity index (χ0v) is 15.8. The first-order chi connectivity index (χ1) is 10.4. The van der Waals surface area contributed by atoms with Gasteiger partial charge in [0.2, 0.25) is 0 Å². The maximum atomic E-state index is 12.2.